The van der Waals surface area contributed by atoms with E-state index in [0.717, 1.165) is 18.5 Å². The SMILES string of the molecule is CCCNC(=O)COc1ccc(Cl)cc1CNC1CC1. The number of halogens is 1. The Kier molecular flexibility index (Phi) is 5.68. The average molecular weight is 297 g/mol. The predicted octanol–water partition coefficient (Wildman–Crippen LogP) is 2.50. The van der Waals surface area contributed by atoms with Crippen molar-refractivity contribution in [1.29, 1.82) is 0 Å². The standard InChI is InChI=1S/C15H21ClN2O2/c1-2-7-17-15(19)10-20-14-6-3-12(16)8-11(14)9-18-13-4-5-13/h3,6,8,13,18H,2,4-5,7,9-10H2,1H3,(H,17,19). The molecule has 1 amide bonds. The molecule has 1 fully saturated rings. The fourth-order valence-electron chi connectivity index (χ4n) is 1.83. The molecule has 2 rings (SSSR count). The maximum atomic E-state index is 11.6. The third kappa shape index (κ3) is 5.02. The summed E-state index contributed by atoms with van der Waals surface area (Å²) in [7, 11) is 0. The van der Waals surface area contributed by atoms with Crippen molar-refractivity contribution >= 4 is 17.5 Å². The molecule has 0 unspecified atom stereocenters. The van der Waals surface area contributed by atoms with E-state index in [0.29, 0.717) is 23.4 Å². The van der Waals surface area contributed by atoms with Crippen molar-refractivity contribution in [1.82, 2.24) is 10.6 Å². The molecule has 2 N–H and O–H groups in total. The van der Waals surface area contributed by atoms with Crippen LogP contribution in [0.2, 0.25) is 5.02 Å². The van der Waals surface area contributed by atoms with Gasteiger partial charge in [0.15, 0.2) is 6.61 Å². The van der Waals surface area contributed by atoms with Crippen molar-refractivity contribution in [2.45, 2.75) is 38.8 Å². The van der Waals surface area contributed by atoms with Gasteiger partial charge in [-0.15, -0.1) is 0 Å². The van der Waals surface area contributed by atoms with Crippen molar-refractivity contribution in [2.24, 2.45) is 0 Å². The summed E-state index contributed by atoms with van der Waals surface area (Å²) in [5.41, 5.74) is 0.993. The van der Waals surface area contributed by atoms with E-state index in [4.69, 9.17) is 16.3 Å². The molecule has 0 bridgehead atoms. The third-order valence-electron chi connectivity index (χ3n) is 3.11. The second kappa shape index (κ2) is 7.50. The van der Waals surface area contributed by atoms with Gasteiger partial charge in [-0.05, 0) is 37.5 Å². The van der Waals surface area contributed by atoms with E-state index >= 15 is 0 Å². The summed E-state index contributed by atoms with van der Waals surface area (Å²) in [5.74, 6) is 0.622. The van der Waals surface area contributed by atoms with Gasteiger partial charge in [0.25, 0.3) is 5.91 Å². The largest absolute Gasteiger partial charge is 0.483 e. The van der Waals surface area contributed by atoms with Crippen LogP contribution in [-0.4, -0.2) is 25.1 Å². The van der Waals surface area contributed by atoms with E-state index in [2.05, 4.69) is 10.6 Å². The molecule has 1 aliphatic rings. The Morgan fingerprint density at radius 2 is 2.25 bits per heavy atom. The monoisotopic (exact) mass is 296 g/mol. The molecular weight excluding hydrogens is 276 g/mol. The number of hydrogen-bond acceptors (Lipinski definition) is 3. The van der Waals surface area contributed by atoms with Gasteiger partial charge in [-0.1, -0.05) is 18.5 Å². The molecule has 110 valence electrons. The van der Waals surface area contributed by atoms with Gasteiger partial charge in [-0.25, -0.2) is 0 Å². The smallest absolute Gasteiger partial charge is 0.257 e. The highest BCUT2D eigenvalue weighted by atomic mass is 35.5. The van der Waals surface area contributed by atoms with Crippen LogP contribution in [0.5, 0.6) is 5.75 Å². The first kappa shape index (κ1) is 15.1. The fourth-order valence-corrected chi connectivity index (χ4v) is 2.02. The third-order valence-corrected chi connectivity index (χ3v) is 3.35. The van der Waals surface area contributed by atoms with E-state index in [-0.39, 0.29) is 12.5 Å². The van der Waals surface area contributed by atoms with Gasteiger partial charge in [0.2, 0.25) is 0 Å². The van der Waals surface area contributed by atoms with Gasteiger partial charge in [-0.3, -0.25) is 4.79 Å². The fraction of sp³-hybridized carbons (Fsp3) is 0.533. The summed E-state index contributed by atoms with van der Waals surface area (Å²) in [6.45, 7) is 3.45. The van der Waals surface area contributed by atoms with Crippen molar-refractivity contribution in [3.63, 3.8) is 0 Å². The quantitative estimate of drug-likeness (QED) is 0.775. The number of carbonyl (C=O) groups excluding carboxylic acids is 1. The number of benzene rings is 1. The minimum atomic E-state index is -0.0945. The Morgan fingerprint density at radius 1 is 1.45 bits per heavy atom. The molecular formula is C15H21ClN2O2. The normalized spacial score (nSPS) is 14.1. The van der Waals surface area contributed by atoms with Crippen LogP contribution in [0.1, 0.15) is 31.7 Å². The van der Waals surface area contributed by atoms with Gasteiger partial charge in [0.1, 0.15) is 5.75 Å². The molecule has 1 aliphatic carbocycles. The van der Waals surface area contributed by atoms with Gasteiger partial charge >= 0.3 is 0 Å². The van der Waals surface area contributed by atoms with E-state index in [9.17, 15) is 4.79 Å². The van der Waals surface area contributed by atoms with Crippen LogP contribution in [0.25, 0.3) is 0 Å². The minimum absolute atomic E-state index is 0.0397. The molecule has 0 aliphatic heterocycles. The van der Waals surface area contributed by atoms with E-state index in [1.54, 1.807) is 6.07 Å². The van der Waals surface area contributed by atoms with E-state index < -0.39 is 0 Å². The first-order valence-electron chi connectivity index (χ1n) is 7.10. The lowest BCUT2D eigenvalue weighted by Crippen LogP contribution is -2.29. The van der Waals surface area contributed by atoms with Crippen LogP contribution in [0.15, 0.2) is 18.2 Å². The second-order valence-electron chi connectivity index (χ2n) is 5.05. The van der Waals surface area contributed by atoms with E-state index in [1.807, 2.05) is 19.1 Å². The molecule has 0 saturated heterocycles. The highest BCUT2D eigenvalue weighted by Gasteiger charge is 2.20. The number of carbonyl (C=O) groups is 1. The summed E-state index contributed by atoms with van der Waals surface area (Å²) in [5, 5.41) is 6.89. The van der Waals surface area contributed by atoms with Crippen LogP contribution in [-0.2, 0) is 11.3 Å². The van der Waals surface area contributed by atoms with Crippen molar-refractivity contribution in [3.8, 4) is 5.75 Å². The number of rotatable bonds is 8. The van der Waals surface area contributed by atoms with Crippen molar-refractivity contribution in [2.75, 3.05) is 13.2 Å². The molecule has 4 nitrogen and oxygen atoms in total. The highest BCUT2D eigenvalue weighted by Crippen LogP contribution is 2.25. The topological polar surface area (TPSA) is 50.4 Å². The molecule has 0 spiro atoms. The molecule has 0 atom stereocenters. The molecule has 0 heterocycles. The maximum absolute atomic E-state index is 11.6. The van der Waals surface area contributed by atoms with Gasteiger partial charge in [0, 0.05) is 29.7 Å². The molecule has 1 aromatic carbocycles. The minimum Gasteiger partial charge on any atom is -0.483 e. The predicted molar refractivity (Wildman–Crippen MR) is 80.1 cm³/mol. The van der Waals surface area contributed by atoms with Crippen LogP contribution in [0, 0.1) is 0 Å². The summed E-state index contributed by atoms with van der Waals surface area (Å²) in [4.78, 5) is 11.6. The second-order valence-corrected chi connectivity index (χ2v) is 5.48. The Bertz CT molecular complexity index is 461. The van der Waals surface area contributed by atoms with Crippen LogP contribution >= 0.6 is 11.6 Å². The first-order chi connectivity index (χ1) is 9.69. The summed E-state index contributed by atoms with van der Waals surface area (Å²) in [6, 6.07) is 6.10. The van der Waals surface area contributed by atoms with E-state index in [1.165, 1.54) is 12.8 Å². The van der Waals surface area contributed by atoms with Crippen LogP contribution < -0.4 is 15.4 Å². The molecule has 20 heavy (non-hydrogen) atoms. The number of ether oxygens (including phenoxy) is 1. The summed E-state index contributed by atoms with van der Waals surface area (Å²) >= 11 is 6.02. The Morgan fingerprint density at radius 3 is 2.95 bits per heavy atom. The highest BCUT2D eigenvalue weighted by molar-refractivity contribution is 6.30. The molecule has 1 aromatic rings. The lowest BCUT2D eigenvalue weighted by Gasteiger charge is -2.12. The molecule has 1 saturated carbocycles. The summed E-state index contributed by atoms with van der Waals surface area (Å²) < 4.78 is 5.59. The number of hydrogen-bond donors (Lipinski definition) is 2. The summed E-state index contributed by atoms with van der Waals surface area (Å²) in [6.07, 6.45) is 3.38. The zero-order chi connectivity index (χ0) is 14.4. The first-order valence-corrected chi connectivity index (χ1v) is 7.48. The zero-order valence-corrected chi connectivity index (χ0v) is 12.5. The zero-order valence-electron chi connectivity index (χ0n) is 11.7. The van der Waals surface area contributed by atoms with Gasteiger partial charge in [-0.2, -0.15) is 0 Å². The molecule has 5 heteroatoms. The Labute approximate surface area is 124 Å². The van der Waals surface area contributed by atoms with Crippen molar-refractivity contribution in [3.05, 3.63) is 28.8 Å². The average Bonchev–Trinajstić information content (AvgIpc) is 3.26. The maximum Gasteiger partial charge on any atom is 0.257 e. The van der Waals surface area contributed by atoms with Gasteiger partial charge < -0.3 is 15.4 Å². The number of amides is 1. The van der Waals surface area contributed by atoms with Crippen molar-refractivity contribution < 1.29 is 9.53 Å². The number of nitrogens with one attached hydrogen (secondary N) is 2. The Balaban J connectivity index is 1.89. The van der Waals surface area contributed by atoms with Crippen LogP contribution in [0.3, 0.4) is 0 Å². The molecule has 0 aromatic heterocycles. The lowest BCUT2D eigenvalue weighted by molar-refractivity contribution is -0.123. The molecule has 0 radical (unpaired) electrons. The van der Waals surface area contributed by atoms with Gasteiger partial charge in [0.05, 0.1) is 0 Å². The lowest BCUT2D eigenvalue weighted by atomic mass is 10.2. The van der Waals surface area contributed by atoms with Crippen LogP contribution in [0.4, 0.5) is 0 Å². The Hall–Kier alpha value is -1.26.